The number of nitrogens with one attached hydrogen (secondary N) is 1. The van der Waals surface area contributed by atoms with Crippen molar-refractivity contribution in [3.05, 3.63) is 53.1 Å². The smallest absolute Gasteiger partial charge is 0.251 e. The Morgan fingerprint density at radius 2 is 1.71 bits per heavy atom. The SMILES string of the molecule is COc1ccc(CNC(=O)c2ccc(N(C)C)cc2)c(OC)c1C. The summed E-state index contributed by atoms with van der Waals surface area (Å²) in [6.45, 7) is 2.32. The zero-order valence-electron chi connectivity index (χ0n) is 14.8. The highest BCUT2D eigenvalue weighted by Gasteiger charge is 2.13. The summed E-state index contributed by atoms with van der Waals surface area (Å²) in [6, 6.07) is 11.3. The molecule has 0 unspecified atom stereocenters. The molecule has 1 N–H and O–H groups in total. The molecule has 0 radical (unpaired) electrons. The van der Waals surface area contributed by atoms with Gasteiger partial charge in [-0.15, -0.1) is 0 Å². The number of methoxy groups -OCH3 is 2. The quantitative estimate of drug-likeness (QED) is 0.886. The second-order valence-electron chi connectivity index (χ2n) is 5.71. The Hall–Kier alpha value is -2.69. The van der Waals surface area contributed by atoms with Gasteiger partial charge in [0.2, 0.25) is 0 Å². The number of amides is 1. The van der Waals surface area contributed by atoms with E-state index in [1.165, 1.54) is 0 Å². The number of hydrogen-bond donors (Lipinski definition) is 1. The van der Waals surface area contributed by atoms with Crippen LogP contribution in [0.15, 0.2) is 36.4 Å². The van der Waals surface area contributed by atoms with Crippen LogP contribution in [0.25, 0.3) is 0 Å². The Kier molecular flexibility index (Phi) is 5.68. The zero-order chi connectivity index (χ0) is 17.7. The molecule has 0 aliphatic carbocycles. The molecule has 0 spiro atoms. The standard InChI is InChI=1S/C19H24N2O3/c1-13-17(23-4)11-8-15(18(13)24-5)12-20-19(22)14-6-9-16(10-7-14)21(2)3/h6-11H,12H2,1-5H3,(H,20,22). The minimum absolute atomic E-state index is 0.115. The van der Waals surface area contributed by atoms with E-state index >= 15 is 0 Å². The minimum atomic E-state index is -0.115. The molecule has 0 bridgehead atoms. The van der Waals surface area contributed by atoms with Crippen LogP contribution in [0.5, 0.6) is 11.5 Å². The number of benzene rings is 2. The van der Waals surface area contributed by atoms with E-state index in [-0.39, 0.29) is 5.91 Å². The van der Waals surface area contributed by atoms with Crippen molar-refractivity contribution < 1.29 is 14.3 Å². The Balaban J connectivity index is 2.10. The molecule has 0 saturated carbocycles. The molecule has 0 aliphatic heterocycles. The summed E-state index contributed by atoms with van der Waals surface area (Å²) in [5.74, 6) is 1.38. The molecular formula is C19H24N2O3. The Morgan fingerprint density at radius 1 is 1.04 bits per heavy atom. The van der Waals surface area contributed by atoms with Crippen LogP contribution in [0.2, 0.25) is 0 Å². The van der Waals surface area contributed by atoms with Crippen molar-refractivity contribution in [2.45, 2.75) is 13.5 Å². The predicted octanol–water partition coefficient (Wildman–Crippen LogP) is 3.01. The fourth-order valence-corrected chi connectivity index (χ4v) is 2.56. The van der Waals surface area contributed by atoms with E-state index < -0.39 is 0 Å². The van der Waals surface area contributed by atoms with Gasteiger partial charge in [0.05, 0.1) is 14.2 Å². The van der Waals surface area contributed by atoms with Crippen LogP contribution < -0.4 is 19.7 Å². The van der Waals surface area contributed by atoms with Gasteiger partial charge in [0, 0.05) is 43.0 Å². The van der Waals surface area contributed by atoms with E-state index in [9.17, 15) is 4.79 Å². The molecule has 2 aromatic rings. The van der Waals surface area contributed by atoms with Crippen molar-refractivity contribution in [2.75, 3.05) is 33.2 Å². The molecule has 0 heterocycles. The zero-order valence-corrected chi connectivity index (χ0v) is 14.8. The maximum atomic E-state index is 12.3. The number of ether oxygens (including phenoxy) is 2. The van der Waals surface area contributed by atoms with Gasteiger partial charge in [-0.25, -0.2) is 0 Å². The van der Waals surface area contributed by atoms with Crippen molar-refractivity contribution in [3.63, 3.8) is 0 Å². The van der Waals surface area contributed by atoms with Gasteiger partial charge in [-0.05, 0) is 43.3 Å². The molecule has 0 saturated heterocycles. The van der Waals surface area contributed by atoms with E-state index in [4.69, 9.17) is 9.47 Å². The highest BCUT2D eigenvalue weighted by Crippen LogP contribution is 2.31. The fraction of sp³-hybridized carbons (Fsp3) is 0.316. The van der Waals surface area contributed by atoms with Gasteiger partial charge in [-0.1, -0.05) is 0 Å². The normalized spacial score (nSPS) is 10.2. The summed E-state index contributed by atoms with van der Waals surface area (Å²) in [5.41, 5.74) is 3.51. The van der Waals surface area contributed by atoms with Crippen LogP contribution >= 0.6 is 0 Å². The van der Waals surface area contributed by atoms with Crippen LogP contribution in [0.4, 0.5) is 5.69 Å². The lowest BCUT2D eigenvalue weighted by molar-refractivity contribution is 0.0950. The number of anilines is 1. The molecule has 0 atom stereocenters. The highest BCUT2D eigenvalue weighted by molar-refractivity contribution is 5.94. The van der Waals surface area contributed by atoms with Gasteiger partial charge in [0.15, 0.2) is 0 Å². The number of carbonyl (C=O) groups excluding carboxylic acids is 1. The van der Waals surface area contributed by atoms with E-state index in [0.29, 0.717) is 12.1 Å². The molecule has 24 heavy (non-hydrogen) atoms. The third-order valence-corrected chi connectivity index (χ3v) is 3.95. The van der Waals surface area contributed by atoms with Gasteiger partial charge in [-0.3, -0.25) is 4.79 Å². The molecule has 5 heteroatoms. The van der Waals surface area contributed by atoms with Crippen LogP contribution in [0.1, 0.15) is 21.5 Å². The topological polar surface area (TPSA) is 50.8 Å². The third-order valence-electron chi connectivity index (χ3n) is 3.95. The summed E-state index contributed by atoms with van der Waals surface area (Å²) >= 11 is 0. The molecule has 0 fully saturated rings. The van der Waals surface area contributed by atoms with Gasteiger partial charge in [0.25, 0.3) is 5.91 Å². The maximum Gasteiger partial charge on any atom is 0.251 e. The summed E-state index contributed by atoms with van der Waals surface area (Å²) < 4.78 is 10.8. The Morgan fingerprint density at radius 3 is 2.25 bits per heavy atom. The predicted molar refractivity (Wildman–Crippen MR) is 96.2 cm³/mol. The summed E-state index contributed by atoms with van der Waals surface area (Å²) in [4.78, 5) is 14.3. The van der Waals surface area contributed by atoms with Gasteiger partial charge in [0.1, 0.15) is 11.5 Å². The second kappa shape index (κ2) is 7.73. The van der Waals surface area contributed by atoms with E-state index in [1.807, 2.05) is 62.3 Å². The van der Waals surface area contributed by atoms with Crippen LogP contribution in [0, 0.1) is 6.92 Å². The largest absolute Gasteiger partial charge is 0.496 e. The molecule has 1 amide bonds. The van der Waals surface area contributed by atoms with E-state index in [0.717, 1.165) is 28.3 Å². The average Bonchev–Trinajstić information content (AvgIpc) is 2.59. The van der Waals surface area contributed by atoms with Crippen LogP contribution in [-0.2, 0) is 6.54 Å². The molecule has 2 rings (SSSR count). The van der Waals surface area contributed by atoms with Crippen LogP contribution in [-0.4, -0.2) is 34.2 Å². The third kappa shape index (κ3) is 3.79. The molecule has 2 aromatic carbocycles. The van der Waals surface area contributed by atoms with Gasteiger partial charge >= 0.3 is 0 Å². The molecule has 0 aromatic heterocycles. The van der Waals surface area contributed by atoms with Crippen molar-refractivity contribution in [3.8, 4) is 11.5 Å². The van der Waals surface area contributed by atoms with Crippen LogP contribution in [0.3, 0.4) is 0 Å². The van der Waals surface area contributed by atoms with Gasteiger partial charge < -0.3 is 19.7 Å². The summed E-state index contributed by atoms with van der Waals surface area (Å²) in [7, 11) is 7.18. The first-order valence-electron chi connectivity index (χ1n) is 7.74. The van der Waals surface area contributed by atoms with Gasteiger partial charge in [-0.2, -0.15) is 0 Å². The average molecular weight is 328 g/mol. The second-order valence-corrected chi connectivity index (χ2v) is 5.71. The number of carbonyl (C=O) groups is 1. The lowest BCUT2D eigenvalue weighted by Gasteiger charge is -2.15. The first kappa shape index (κ1) is 17.7. The maximum absolute atomic E-state index is 12.3. The van der Waals surface area contributed by atoms with Crippen molar-refractivity contribution >= 4 is 11.6 Å². The fourth-order valence-electron chi connectivity index (χ4n) is 2.56. The number of rotatable bonds is 6. The lowest BCUT2D eigenvalue weighted by Crippen LogP contribution is -2.23. The summed E-state index contributed by atoms with van der Waals surface area (Å²) in [5, 5.41) is 2.93. The summed E-state index contributed by atoms with van der Waals surface area (Å²) in [6.07, 6.45) is 0. The Bertz CT molecular complexity index is 709. The monoisotopic (exact) mass is 328 g/mol. The van der Waals surface area contributed by atoms with E-state index in [1.54, 1.807) is 14.2 Å². The van der Waals surface area contributed by atoms with Crippen molar-refractivity contribution in [1.82, 2.24) is 5.32 Å². The first-order chi connectivity index (χ1) is 11.5. The molecule has 0 aliphatic rings. The van der Waals surface area contributed by atoms with Crippen molar-refractivity contribution in [2.24, 2.45) is 0 Å². The lowest BCUT2D eigenvalue weighted by atomic mass is 10.1. The first-order valence-corrected chi connectivity index (χ1v) is 7.74. The van der Waals surface area contributed by atoms with E-state index in [2.05, 4.69) is 5.32 Å². The number of nitrogens with zero attached hydrogens (tertiary/aromatic N) is 1. The Labute approximate surface area is 143 Å². The number of hydrogen-bond acceptors (Lipinski definition) is 4. The molecule has 128 valence electrons. The minimum Gasteiger partial charge on any atom is -0.496 e. The van der Waals surface area contributed by atoms with Crippen molar-refractivity contribution in [1.29, 1.82) is 0 Å². The molecule has 5 nitrogen and oxygen atoms in total. The highest BCUT2D eigenvalue weighted by atomic mass is 16.5. The molecular weight excluding hydrogens is 304 g/mol.